The average Bonchev–Trinajstić information content (AvgIpc) is 3.37. The molecule has 0 radical (unpaired) electrons. The normalized spacial score (nSPS) is 13.9. The van der Waals surface area contributed by atoms with Gasteiger partial charge in [-0.2, -0.15) is 5.10 Å². The fraction of sp³-hybridized carbons (Fsp3) is 0.308. The van der Waals surface area contributed by atoms with Gasteiger partial charge in [-0.15, -0.1) is 0 Å². The van der Waals surface area contributed by atoms with Crippen LogP contribution in [0.2, 0.25) is 0 Å². The molecule has 2 atom stereocenters. The molecule has 1 heterocycles. The summed E-state index contributed by atoms with van der Waals surface area (Å²) in [6.07, 6.45) is 1.17. The van der Waals surface area contributed by atoms with Crippen molar-refractivity contribution in [1.82, 2.24) is 15.1 Å². The van der Waals surface area contributed by atoms with Gasteiger partial charge < -0.3 is 15.2 Å². The van der Waals surface area contributed by atoms with Gasteiger partial charge in [0.2, 0.25) is 0 Å². The monoisotopic (exact) mass is 476 g/mol. The van der Waals surface area contributed by atoms with E-state index in [1.165, 1.54) is 17.9 Å². The Bertz CT molecular complexity index is 1220. The SMILES string of the molecule is CCC(C)C(NC(=O)c1c(NC(=O)OCC2c3ccccc3-c3ccccc32)cnn1C)C(=O)O. The Kier molecular flexibility index (Phi) is 6.86. The first-order chi connectivity index (χ1) is 16.8. The second kappa shape index (κ2) is 10.0. The van der Waals surface area contributed by atoms with Crippen LogP contribution >= 0.6 is 0 Å². The summed E-state index contributed by atoms with van der Waals surface area (Å²) in [7, 11) is 1.54. The number of hydrogen-bond acceptors (Lipinski definition) is 5. The second-order valence-corrected chi connectivity index (χ2v) is 8.66. The number of amides is 2. The lowest BCUT2D eigenvalue weighted by Gasteiger charge is -2.20. The van der Waals surface area contributed by atoms with E-state index >= 15 is 0 Å². The minimum absolute atomic E-state index is 0.0352. The number of carboxylic acids is 1. The van der Waals surface area contributed by atoms with Gasteiger partial charge in [-0.05, 0) is 28.2 Å². The molecule has 0 spiro atoms. The zero-order valence-electron chi connectivity index (χ0n) is 19.8. The van der Waals surface area contributed by atoms with Crippen LogP contribution in [0.15, 0.2) is 54.7 Å². The van der Waals surface area contributed by atoms with Crippen LogP contribution in [0.1, 0.15) is 47.8 Å². The number of nitrogens with zero attached hydrogens (tertiary/aromatic N) is 2. The first kappa shape index (κ1) is 24.0. The summed E-state index contributed by atoms with van der Waals surface area (Å²) in [4.78, 5) is 37.2. The summed E-state index contributed by atoms with van der Waals surface area (Å²) in [6, 6.07) is 15.0. The van der Waals surface area contributed by atoms with Crippen molar-refractivity contribution in [2.24, 2.45) is 13.0 Å². The maximum Gasteiger partial charge on any atom is 0.411 e. The number of nitrogens with one attached hydrogen (secondary N) is 2. The maximum absolute atomic E-state index is 12.9. The third-order valence-electron chi connectivity index (χ3n) is 6.50. The quantitative estimate of drug-likeness (QED) is 0.452. The number of carbonyl (C=O) groups is 3. The summed E-state index contributed by atoms with van der Waals surface area (Å²) >= 11 is 0. The molecule has 2 aromatic carbocycles. The van der Waals surface area contributed by atoms with Crippen molar-refractivity contribution in [3.8, 4) is 11.1 Å². The maximum atomic E-state index is 12.9. The zero-order valence-corrected chi connectivity index (χ0v) is 19.8. The van der Waals surface area contributed by atoms with Crippen LogP contribution in [0.25, 0.3) is 11.1 Å². The molecule has 35 heavy (non-hydrogen) atoms. The van der Waals surface area contributed by atoms with Crippen molar-refractivity contribution in [3.05, 3.63) is 71.5 Å². The van der Waals surface area contributed by atoms with Crippen LogP contribution in [-0.2, 0) is 16.6 Å². The fourth-order valence-electron chi connectivity index (χ4n) is 4.44. The lowest BCUT2D eigenvalue weighted by molar-refractivity contribution is -0.140. The van der Waals surface area contributed by atoms with Gasteiger partial charge in [-0.1, -0.05) is 68.8 Å². The number of anilines is 1. The number of ether oxygens (including phenoxy) is 1. The highest BCUT2D eigenvalue weighted by Gasteiger charge is 2.30. The molecule has 2 unspecified atom stereocenters. The van der Waals surface area contributed by atoms with E-state index in [4.69, 9.17) is 4.74 Å². The predicted octanol–water partition coefficient (Wildman–Crippen LogP) is 4.01. The molecule has 9 nitrogen and oxygen atoms in total. The number of carboxylic acid groups (broad SMARTS) is 1. The molecule has 2 amide bonds. The lowest BCUT2D eigenvalue weighted by atomic mass is 9.98. The van der Waals surface area contributed by atoms with E-state index in [2.05, 4.69) is 27.9 Å². The number of aromatic nitrogens is 2. The molecule has 4 rings (SSSR count). The molecule has 1 aromatic heterocycles. The van der Waals surface area contributed by atoms with Crippen LogP contribution in [-0.4, -0.2) is 45.5 Å². The van der Waals surface area contributed by atoms with Gasteiger partial charge in [0.15, 0.2) is 0 Å². The van der Waals surface area contributed by atoms with Crippen LogP contribution in [0.3, 0.4) is 0 Å². The molecule has 0 aliphatic heterocycles. The molecule has 1 aliphatic carbocycles. The molecule has 3 aromatic rings. The minimum atomic E-state index is -1.12. The molecular weight excluding hydrogens is 448 g/mol. The molecule has 182 valence electrons. The van der Waals surface area contributed by atoms with E-state index in [1.807, 2.05) is 43.3 Å². The number of fused-ring (bicyclic) bond motifs is 3. The summed E-state index contributed by atoms with van der Waals surface area (Å²) < 4.78 is 6.83. The number of carbonyl (C=O) groups excluding carboxylic acids is 2. The van der Waals surface area contributed by atoms with Crippen molar-refractivity contribution in [2.45, 2.75) is 32.2 Å². The zero-order chi connectivity index (χ0) is 25.1. The van der Waals surface area contributed by atoms with E-state index in [0.29, 0.717) is 6.42 Å². The molecular formula is C26H28N4O5. The van der Waals surface area contributed by atoms with Crippen LogP contribution in [0.5, 0.6) is 0 Å². The van der Waals surface area contributed by atoms with E-state index in [1.54, 1.807) is 6.92 Å². The first-order valence-corrected chi connectivity index (χ1v) is 11.5. The van der Waals surface area contributed by atoms with Gasteiger partial charge >= 0.3 is 12.1 Å². The summed E-state index contributed by atoms with van der Waals surface area (Å²) in [5.74, 6) is -2.15. The van der Waals surface area contributed by atoms with Crippen molar-refractivity contribution in [2.75, 3.05) is 11.9 Å². The van der Waals surface area contributed by atoms with E-state index in [-0.39, 0.29) is 29.8 Å². The van der Waals surface area contributed by atoms with Crippen LogP contribution in [0, 0.1) is 5.92 Å². The van der Waals surface area contributed by atoms with E-state index in [9.17, 15) is 19.5 Å². The van der Waals surface area contributed by atoms with Gasteiger partial charge in [-0.25, -0.2) is 9.59 Å². The summed E-state index contributed by atoms with van der Waals surface area (Å²) in [6.45, 7) is 3.72. The standard InChI is InChI=1S/C26H28N4O5/c1-4-15(2)22(25(32)33)29-24(31)23-21(13-27-30(23)3)28-26(34)35-14-20-18-11-7-5-9-16(18)17-10-6-8-12-19(17)20/h5-13,15,20,22H,4,14H2,1-3H3,(H,28,34)(H,29,31)(H,32,33). The van der Waals surface area contributed by atoms with Crippen molar-refractivity contribution in [3.63, 3.8) is 0 Å². The Morgan fingerprint density at radius 3 is 2.26 bits per heavy atom. The first-order valence-electron chi connectivity index (χ1n) is 11.5. The highest BCUT2D eigenvalue weighted by atomic mass is 16.5. The molecule has 0 fully saturated rings. The van der Waals surface area contributed by atoms with E-state index in [0.717, 1.165) is 22.3 Å². The number of rotatable bonds is 8. The highest BCUT2D eigenvalue weighted by molar-refractivity contribution is 6.02. The Balaban J connectivity index is 1.46. The Labute approximate surface area is 203 Å². The van der Waals surface area contributed by atoms with Gasteiger partial charge in [0.1, 0.15) is 18.3 Å². The Morgan fingerprint density at radius 1 is 1.09 bits per heavy atom. The molecule has 0 saturated heterocycles. The lowest BCUT2D eigenvalue weighted by Crippen LogP contribution is -2.45. The number of hydrogen-bond donors (Lipinski definition) is 3. The highest BCUT2D eigenvalue weighted by Crippen LogP contribution is 2.44. The largest absolute Gasteiger partial charge is 0.480 e. The van der Waals surface area contributed by atoms with Crippen LogP contribution in [0.4, 0.5) is 10.5 Å². The second-order valence-electron chi connectivity index (χ2n) is 8.66. The summed E-state index contributed by atoms with van der Waals surface area (Å²) in [5.41, 5.74) is 4.60. The minimum Gasteiger partial charge on any atom is -0.480 e. The molecule has 0 bridgehead atoms. The van der Waals surface area contributed by atoms with Crippen molar-refractivity contribution >= 4 is 23.7 Å². The molecule has 1 aliphatic rings. The number of aliphatic carboxylic acids is 1. The number of benzene rings is 2. The van der Waals surface area contributed by atoms with Crippen LogP contribution < -0.4 is 10.6 Å². The summed E-state index contributed by atoms with van der Waals surface area (Å²) in [5, 5.41) is 18.6. The van der Waals surface area contributed by atoms with Gasteiger partial charge in [0.25, 0.3) is 5.91 Å². The van der Waals surface area contributed by atoms with Crippen molar-refractivity contribution < 1.29 is 24.2 Å². The Hall–Kier alpha value is -4.14. The fourth-order valence-corrected chi connectivity index (χ4v) is 4.44. The van der Waals surface area contributed by atoms with Gasteiger partial charge in [-0.3, -0.25) is 14.8 Å². The Morgan fingerprint density at radius 2 is 1.69 bits per heavy atom. The smallest absolute Gasteiger partial charge is 0.411 e. The van der Waals surface area contributed by atoms with Gasteiger partial charge in [0, 0.05) is 13.0 Å². The third kappa shape index (κ3) is 4.75. The number of aryl methyl sites for hydroxylation is 1. The third-order valence-corrected chi connectivity index (χ3v) is 6.50. The topological polar surface area (TPSA) is 123 Å². The van der Waals surface area contributed by atoms with Crippen molar-refractivity contribution in [1.29, 1.82) is 0 Å². The van der Waals surface area contributed by atoms with E-state index < -0.39 is 24.0 Å². The molecule has 9 heteroatoms. The molecule has 3 N–H and O–H groups in total. The molecule has 0 saturated carbocycles. The predicted molar refractivity (Wildman–Crippen MR) is 130 cm³/mol. The van der Waals surface area contributed by atoms with Gasteiger partial charge in [0.05, 0.1) is 11.9 Å². The average molecular weight is 477 g/mol.